The minimum Gasteiger partial charge on any atom is -0.454 e. The highest BCUT2D eigenvalue weighted by Gasteiger charge is 2.16. The van der Waals surface area contributed by atoms with Gasteiger partial charge in [0.25, 0.3) is 0 Å². The lowest BCUT2D eigenvalue weighted by molar-refractivity contribution is 0.436. The van der Waals surface area contributed by atoms with Crippen molar-refractivity contribution in [2.75, 3.05) is 0 Å². The van der Waals surface area contributed by atoms with E-state index in [9.17, 15) is 0 Å². The number of aryl methyl sites for hydroxylation is 1. The van der Waals surface area contributed by atoms with Gasteiger partial charge in [0.1, 0.15) is 5.76 Å². The summed E-state index contributed by atoms with van der Waals surface area (Å²) in [6.45, 7) is 2.09. The van der Waals surface area contributed by atoms with Crippen molar-refractivity contribution in [2.45, 2.75) is 24.9 Å². The van der Waals surface area contributed by atoms with Crippen LogP contribution in [0.2, 0.25) is 0 Å². The molecular weight excluding hydrogens is 230 g/mol. The van der Waals surface area contributed by atoms with Gasteiger partial charge in [-0.1, -0.05) is 25.1 Å². The summed E-state index contributed by atoms with van der Waals surface area (Å²) >= 11 is 1.63. The van der Waals surface area contributed by atoms with Crippen LogP contribution in [-0.2, 0) is 12.8 Å². The van der Waals surface area contributed by atoms with Crippen LogP contribution in [0.5, 0.6) is 0 Å². The molecule has 3 rings (SSSR count). The van der Waals surface area contributed by atoms with Gasteiger partial charge in [0.05, 0.1) is 10.7 Å². The molecule has 0 fully saturated rings. The molecule has 0 atom stereocenters. The molecule has 0 aliphatic carbocycles. The van der Waals surface area contributed by atoms with Gasteiger partial charge in [-0.25, -0.2) is 4.99 Å². The number of hydrogen-bond acceptors (Lipinski definition) is 3. The highest BCUT2D eigenvalue weighted by atomic mass is 32.2. The number of aliphatic imine (C=N–C) groups is 1. The number of thioether (sulfide) groups is 1. The molecule has 3 heteroatoms. The van der Waals surface area contributed by atoms with Crippen LogP contribution in [0.3, 0.4) is 0 Å². The van der Waals surface area contributed by atoms with Crippen LogP contribution in [0.1, 0.15) is 18.2 Å². The number of nitrogens with zero attached hydrogens (tertiary/aromatic N) is 1. The van der Waals surface area contributed by atoms with E-state index in [2.05, 4.69) is 30.1 Å². The number of rotatable bonds is 2. The van der Waals surface area contributed by atoms with E-state index in [4.69, 9.17) is 4.42 Å². The van der Waals surface area contributed by atoms with E-state index in [-0.39, 0.29) is 0 Å². The van der Waals surface area contributed by atoms with Crippen molar-refractivity contribution in [3.05, 3.63) is 47.7 Å². The van der Waals surface area contributed by atoms with Crippen LogP contribution in [0, 0.1) is 0 Å². The zero-order valence-corrected chi connectivity index (χ0v) is 10.5. The minimum absolute atomic E-state index is 0.920. The minimum atomic E-state index is 0.920. The molecule has 1 aromatic carbocycles. The van der Waals surface area contributed by atoms with Gasteiger partial charge in [-0.15, -0.1) is 0 Å². The summed E-state index contributed by atoms with van der Waals surface area (Å²) in [6.07, 6.45) is 1.86. The van der Waals surface area contributed by atoms with Gasteiger partial charge < -0.3 is 4.42 Å². The fourth-order valence-corrected chi connectivity index (χ4v) is 2.77. The molecule has 0 spiro atoms. The number of hydrogen-bond donors (Lipinski definition) is 0. The van der Waals surface area contributed by atoms with E-state index in [1.165, 1.54) is 5.56 Å². The average molecular weight is 243 g/mol. The number of furan rings is 1. The third-order valence-corrected chi connectivity index (χ3v) is 3.67. The molecule has 0 amide bonds. The Balaban J connectivity index is 1.76. The molecule has 2 heterocycles. The first-order valence-electron chi connectivity index (χ1n) is 5.77. The summed E-state index contributed by atoms with van der Waals surface area (Å²) in [5, 5.41) is 2.05. The van der Waals surface area contributed by atoms with E-state index in [1.54, 1.807) is 11.8 Å². The first kappa shape index (κ1) is 10.7. The molecule has 0 saturated heterocycles. The van der Waals surface area contributed by atoms with Crippen LogP contribution >= 0.6 is 11.8 Å². The molecule has 86 valence electrons. The number of fused-ring (bicyclic) bond motifs is 1. The Bertz CT molecular complexity index is 571. The molecule has 0 unspecified atom stereocenters. The van der Waals surface area contributed by atoms with Gasteiger partial charge >= 0.3 is 0 Å². The first-order valence-corrected chi connectivity index (χ1v) is 6.59. The number of para-hydroxylation sites is 1. The van der Waals surface area contributed by atoms with Gasteiger partial charge in [-0.05, 0) is 35.5 Å². The Kier molecular flexibility index (Phi) is 2.77. The second-order valence-corrected chi connectivity index (χ2v) is 5.07. The van der Waals surface area contributed by atoms with Gasteiger partial charge in [0.15, 0.2) is 5.09 Å². The lowest BCUT2D eigenvalue weighted by Gasteiger charge is -1.95. The summed E-state index contributed by atoms with van der Waals surface area (Å²) in [7, 11) is 0. The van der Waals surface area contributed by atoms with Crippen LogP contribution in [-0.4, -0.2) is 5.04 Å². The maximum absolute atomic E-state index is 5.68. The summed E-state index contributed by atoms with van der Waals surface area (Å²) in [4.78, 5) is 4.60. The van der Waals surface area contributed by atoms with Crippen LogP contribution in [0.15, 0.2) is 50.9 Å². The van der Waals surface area contributed by atoms with Crippen molar-refractivity contribution in [1.29, 1.82) is 0 Å². The fraction of sp³-hybridized carbons (Fsp3) is 0.214. The monoisotopic (exact) mass is 243 g/mol. The summed E-state index contributed by atoms with van der Waals surface area (Å²) in [5.41, 5.74) is 2.40. The van der Waals surface area contributed by atoms with E-state index in [0.717, 1.165) is 34.4 Å². The highest BCUT2D eigenvalue weighted by molar-refractivity contribution is 8.13. The van der Waals surface area contributed by atoms with E-state index < -0.39 is 0 Å². The maximum Gasteiger partial charge on any atom is 0.166 e. The van der Waals surface area contributed by atoms with E-state index >= 15 is 0 Å². The molecule has 1 aromatic heterocycles. The van der Waals surface area contributed by atoms with Crippen molar-refractivity contribution in [3.8, 4) is 0 Å². The third kappa shape index (κ3) is 2.15. The van der Waals surface area contributed by atoms with Crippen molar-refractivity contribution >= 4 is 22.5 Å². The Morgan fingerprint density at radius 3 is 2.88 bits per heavy atom. The lowest BCUT2D eigenvalue weighted by Crippen LogP contribution is -1.90. The van der Waals surface area contributed by atoms with Gasteiger partial charge in [0, 0.05) is 12.8 Å². The smallest absolute Gasteiger partial charge is 0.166 e. The Morgan fingerprint density at radius 2 is 2.12 bits per heavy atom. The SMILES string of the molecule is CCc1ccc(SC2=Nc3ccccc3C2)o1. The number of benzene rings is 1. The van der Waals surface area contributed by atoms with Crippen LogP contribution < -0.4 is 0 Å². The highest BCUT2D eigenvalue weighted by Crippen LogP contribution is 2.33. The molecule has 1 aliphatic heterocycles. The summed E-state index contributed by atoms with van der Waals surface area (Å²) in [6, 6.07) is 12.3. The zero-order chi connectivity index (χ0) is 11.7. The second-order valence-electron chi connectivity index (χ2n) is 3.99. The largest absolute Gasteiger partial charge is 0.454 e. The topological polar surface area (TPSA) is 25.5 Å². The average Bonchev–Trinajstić information content (AvgIpc) is 2.94. The quantitative estimate of drug-likeness (QED) is 0.789. The molecule has 17 heavy (non-hydrogen) atoms. The van der Waals surface area contributed by atoms with Crippen LogP contribution in [0.4, 0.5) is 5.69 Å². The standard InChI is InChI=1S/C14H13NOS/c1-2-11-7-8-14(16-11)17-13-9-10-5-3-4-6-12(10)15-13/h3-8H,2,9H2,1H3. The predicted molar refractivity (Wildman–Crippen MR) is 71.2 cm³/mol. The van der Waals surface area contributed by atoms with Crippen molar-refractivity contribution < 1.29 is 4.42 Å². The summed E-state index contributed by atoms with van der Waals surface area (Å²) < 4.78 is 5.68. The second kappa shape index (κ2) is 4.41. The molecule has 0 saturated carbocycles. The van der Waals surface area contributed by atoms with Crippen molar-refractivity contribution in [1.82, 2.24) is 0 Å². The molecule has 2 aromatic rings. The lowest BCUT2D eigenvalue weighted by atomic mass is 10.2. The normalized spacial score (nSPS) is 13.6. The Hall–Kier alpha value is -1.48. The van der Waals surface area contributed by atoms with Gasteiger partial charge in [-0.3, -0.25) is 0 Å². The first-order chi connectivity index (χ1) is 8.35. The van der Waals surface area contributed by atoms with Gasteiger partial charge in [-0.2, -0.15) is 0 Å². The molecule has 2 nitrogen and oxygen atoms in total. The van der Waals surface area contributed by atoms with Gasteiger partial charge in [0.2, 0.25) is 0 Å². The molecule has 0 radical (unpaired) electrons. The predicted octanol–water partition coefficient (Wildman–Crippen LogP) is 4.22. The maximum atomic E-state index is 5.68. The molecule has 1 aliphatic rings. The van der Waals surface area contributed by atoms with Crippen molar-refractivity contribution in [3.63, 3.8) is 0 Å². The third-order valence-electron chi connectivity index (χ3n) is 2.78. The Morgan fingerprint density at radius 1 is 1.24 bits per heavy atom. The van der Waals surface area contributed by atoms with E-state index in [0.29, 0.717) is 0 Å². The molecular formula is C14H13NOS. The Labute approximate surface area is 105 Å². The molecule has 0 bridgehead atoms. The zero-order valence-electron chi connectivity index (χ0n) is 9.64. The van der Waals surface area contributed by atoms with E-state index in [1.807, 2.05) is 18.2 Å². The van der Waals surface area contributed by atoms with Crippen molar-refractivity contribution in [2.24, 2.45) is 4.99 Å². The fourth-order valence-electron chi connectivity index (χ4n) is 1.88. The summed E-state index contributed by atoms with van der Waals surface area (Å²) in [5.74, 6) is 1.03. The molecule has 0 N–H and O–H groups in total. The van der Waals surface area contributed by atoms with Crippen LogP contribution in [0.25, 0.3) is 0 Å².